The van der Waals surface area contributed by atoms with Gasteiger partial charge in [-0.25, -0.2) is 4.98 Å². The van der Waals surface area contributed by atoms with Crippen LogP contribution in [0.1, 0.15) is 54.6 Å². The Hall–Kier alpha value is -2.90. The van der Waals surface area contributed by atoms with E-state index in [1.54, 1.807) is 6.07 Å². The first kappa shape index (κ1) is 25.2. The number of rotatable bonds is 10. The molecule has 4 rings (SSSR count). The molecular formula is C28H34N4O2S. The summed E-state index contributed by atoms with van der Waals surface area (Å²) in [5.74, 6) is 1.61. The summed E-state index contributed by atoms with van der Waals surface area (Å²) < 4.78 is 9.30. The molecule has 1 saturated carbocycles. The maximum atomic E-state index is 11.1. The SMILES string of the molecule is Cc1cccc(C)c1-c1cc(OCC(N)CC2CC(C)(C)C2)nc(NSc2cccc(C=O)c2)n1. The Labute approximate surface area is 212 Å². The van der Waals surface area contributed by atoms with Gasteiger partial charge in [0, 0.05) is 28.1 Å². The molecule has 0 radical (unpaired) electrons. The van der Waals surface area contributed by atoms with Crippen molar-refractivity contribution in [2.75, 3.05) is 11.3 Å². The fraction of sp³-hybridized carbons (Fsp3) is 0.393. The van der Waals surface area contributed by atoms with E-state index < -0.39 is 0 Å². The third kappa shape index (κ3) is 6.61. The van der Waals surface area contributed by atoms with Gasteiger partial charge in [0.15, 0.2) is 0 Å². The van der Waals surface area contributed by atoms with Crippen molar-refractivity contribution in [1.29, 1.82) is 0 Å². The van der Waals surface area contributed by atoms with Crippen molar-refractivity contribution >= 4 is 24.2 Å². The number of hydrogen-bond acceptors (Lipinski definition) is 7. The Balaban J connectivity index is 1.52. The predicted octanol–water partition coefficient (Wildman–Crippen LogP) is 6.22. The molecular weight excluding hydrogens is 456 g/mol. The quantitative estimate of drug-likeness (QED) is 0.257. The van der Waals surface area contributed by atoms with Crippen LogP contribution in [0.15, 0.2) is 53.4 Å². The van der Waals surface area contributed by atoms with Gasteiger partial charge in [0.05, 0.1) is 5.69 Å². The van der Waals surface area contributed by atoms with Gasteiger partial charge in [-0.15, -0.1) is 0 Å². The Morgan fingerprint density at radius 1 is 1.14 bits per heavy atom. The van der Waals surface area contributed by atoms with Crippen LogP contribution in [-0.2, 0) is 0 Å². The van der Waals surface area contributed by atoms with Crippen LogP contribution >= 0.6 is 11.9 Å². The van der Waals surface area contributed by atoms with E-state index in [0.29, 0.717) is 35.3 Å². The molecule has 1 aromatic heterocycles. The number of carbonyl (C=O) groups is 1. The topological polar surface area (TPSA) is 90.1 Å². The molecule has 1 unspecified atom stereocenters. The lowest BCUT2D eigenvalue weighted by Crippen LogP contribution is -2.38. The van der Waals surface area contributed by atoms with Gasteiger partial charge in [-0.2, -0.15) is 4.98 Å². The Morgan fingerprint density at radius 2 is 1.86 bits per heavy atom. The van der Waals surface area contributed by atoms with Gasteiger partial charge < -0.3 is 10.5 Å². The third-order valence-electron chi connectivity index (χ3n) is 6.46. The number of anilines is 1. The highest BCUT2D eigenvalue weighted by atomic mass is 32.2. The second-order valence-corrected chi connectivity index (χ2v) is 11.2. The summed E-state index contributed by atoms with van der Waals surface area (Å²) in [5.41, 5.74) is 11.6. The summed E-state index contributed by atoms with van der Waals surface area (Å²) >= 11 is 1.35. The Morgan fingerprint density at radius 3 is 2.54 bits per heavy atom. The number of carbonyl (C=O) groups excluding carboxylic acids is 1. The fourth-order valence-electron chi connectivity index (χ4n) is 5.01. The molecule has 3 N–H and O–H groups in total. The van der Waals surface area contributed by atoms with Crippen LogP contribution in [0.4, 0.5) is 5.95 Å². The summed E-state index contributed by atoms with van der Waals surface area (Å²) in [6.45, 7) is 9.18. The molecule has 6 nitrogen and oxygen atoms in total. The monoisotopic (exact) mass is 490 g/mol. The number of benzene rings is 2. The zero-order chi connectivity index (χ0) is 25.0. The average Bonchev–Trinajstić information content (AvgIpc) is 2.80. The highest BCUT2D eigenvalue weighted by molar-refractivity contribution is 8.00. The van der Waals surface area contributed by atoms with Gasteiger partial charge >= 0.3 is 0 Å². The van der Waals surface area contributed by atoms with Crippen LogP contribution in [0.25, 0.3) is 11.3 Å². The van der Waals surface area contributed by atoms with E-state index >= 15 is 0 Å². The van der Waals surface area contributed by atoms with Crippen molar-refractivity contribution in [3.63, 3.8) is 0 Å². The molecule has 184 valence electrons. The molecule has 1 atom stereocenters. The molecule has 0 aliphatic heterocycles. The molecule has 7 heteroatoms. The molecule has 0 saturated heterocycles. The van der Waals surface area contributed by atoms with Crippen molar-refractivity contribution in [2.24, 2.45) is 17.1 Å². The van der Waals surface area contributed by atoms with E-state index in [9.17, 15) is 4.79 Å². The predicted molar refractivity (Wildman–Crippen MR) is 143 cm³/mol. The normalized spacial score (nSPS) is 15.8. The van der Waals surface area contributed by atoms with Crippen LogP contribution in [0.5, 0.6) is 5.88 Å². The Bertz CT molecular complexity index is 1170. The number of nitrogens with zero attached hydrogens (tertiary/aromatic N) is 2. The molecule has 3 aromatic rings. The molecule has 1 heterocycles. The summed E-state index contributed by atoms with van der Waals surface area (Å²) in [6, 6.07) is 15.4. The first-order valence-electron chi connectivity index (χ1n) is 12.0. The maximum Gasteiger partial charge on any atom is 0.237 e. The number of hydrogen-bond donors (Lipinski definition) is 2. The van der Waals surface area contributed by atoms with Gasteiger partial charge in [0.2, 0.25) is 11.8 Å². The fourth-order valence-corrected chi connectivity index (χ4v) is 5.65. The van der Waals surface area contributed by atoms with E-state index in [1.165, 1.54) is 24.8 Å². The first-order valence-corrected chi connectivity index (χ1v) is 12.9. The van der Waals surface area contributed by atoms with Crippen molar-refractivity contribution < 1.29 is 9.53 Å². The number of aldehydes is 1. The molecule has 0 amide bonds. The van der Waals surface area contributed by atoms with E-state index in [2.05, 4.69) is 49.5 Å². The van der Waals surface area contributed by atoms with Crippen molar-refractivity contribution in [2.45, 2.75) is 57.9 Å². The minimum absolute atomic E-state index is 0.0356. The van der Waals surface area contributed by atoms with E-state index in [4.69, 9.17) is 15.5 Å². The largest absolute Gasteiger partial charge is 0.476 e. The summed E-state index contributed by atoms with van der Waals surface area (Å²) in [6.07, 6.45) is 4.25. The standard InChI is InChI=1S/C28H34N4O2S/c1-18-7-5-8-19(2)26(18)24-13-25(34-17-22(29)11-21-14-28(3,4)15-21)31-27(30-24)32-35-23-10-6-9-20(12-23)16-33/h5-10,12-13,16,21-22H,11,14-15,17,29H2,1-4H3,(H,30,31,32). The van der Waals surface area contributed by atoms with Crippen LogP contribution in [0.3, 0.4) is 0 Å². The van der Waals surface area contributed by atoms with Crippen molar-refractivity contribution in [1.82, 2.24) is 9.97 Å². The lowest BCUT2D eigenvalue weighted by atomic mass is 9.63. The van der Waals surface area contributed by atoms with Crippen molar-refractivity contribution in [3.8, 4) is 17.1 Å². The first-order chi connectivity index (χ1) is 16.7. The van der Waals surface area contributed by atoms with Gasteiger partial charge in [-0.05, 0) is 79.7 Å². The van der Waals surface area contributed by atoms with Gasteiger partial charge in [0.1, 0.15) is 12.9 Å². The number of nitrogens with two attached hydrogens (primary N) is 1. The summed E-state index contributed by atoms with van der Waals surface area (Å²) in [4.78, 5) is 21.4. The van der Waals surface area contributed by atoms with Crippen LogP contribution in [0, 0.1) is 25.2 Å². The zero-order valence-corrected chi connectivity index (χ0v) is 21.7. The molecule has 1 fully saturated rings. The second-order valence-electron chi connectivity index (χ2n) is 10.3. The maximum absolute atomic E-state index is 11.1. The van der Waals surface area contributed by atoms with Gasteiger partial charge in [-0.1, -0.05) is 44.2 Å². The smallest absolute Gasteiger partial charge is 0.237 e. The van der Waals surface area contributed by atoms with Crippen LogP contribution < -0.4 is 15.2 Å². The van der Waals surface area contributed by atoms with E-state index in [-0.39, 0.29) is 6.04 Å². The zero-order valence-electron chi connectivity index (χ0n) is 20.9. The highest BCUT2D eigenvalue weighted by Gasteiger charge is 2.36. The minimum atomic E-state index is -0.0356. The lowest BCUT2D eigenvalue weighted by Gasteiger charge is -2.43. The molecule has 1 aliphatic rings. The van der Waals surface area contributed by atoms with Crippen LogP contribution in [-0.4, -0.2) is 28.9 Å². The number of aryl methyl sites for hydroxylation is 2. The summed E-state index contributed by atoms with van der Waals surface area (Å²) in [7, 11) is 0. The van der Waals surface area contributed by atoms with E-state index in [1.807, 2.05) is 30.3 Å². The van der Waals surface area contributed by atoms with Gasteiger partial charge in [0.25, 0.3) is 0 Å². The molecule has 35 heavy (non-hydrogen) atoms. The Kier molecular flexibility index (Phi) is 7.77. The third-order valence-corrected chi connectivity index (χ3v) is 7.23. The highest BCUT2D eigenvalue weighted by Crippen LogP contribution is 2.46. The molecule has 2 aromatic carbocycles. The molecule has 1 aliphatic carbocycles. The second kappa shape index (κ2) is 10.8. The molecule has 0 spiro atoms. The van der Waals surface area contributed by atoms with Gasteiger partial charge in [-0.3, -0.25) is 9.52 Å². The average molecular weight is 491 g/mol. The van der Waals surface area contributed by atoms with Crippen molar-refractivity contribution in [3.05, 3.63) is 65.2 Å². The summed E-state index contributed by atoms with van der Waals surface area (Å²) in [5, 5.41) is 0. The minimum Gasteiger partial charge on any atom is -0.476 e. The van der Waals surface area contributed by atoms with E-state index in [0.717, 1.165) is 40.0 Å². The number of aromatic nitrogens is 2. The molecule has 0 bridgehead atoms. The van der Waals surface area contributed by atoms with Crippen LogP contribution in [0.2, 0.25) is 0 Å². The number of ether oxygens (including phenoxy) is 1. The lowest BCUT2D eigenvalue weighted by molar-refractivity contribution is 0.0787. The number of nitrogens with one attached hydrogen (secondary N) is 1.